The molecule has 14 heteroatoms. The lowest BCUT2D eigenvalue weighted by Gasteiger charge is -2.21. The molecule has 162 valence electrons. The van der Waals surface area contributed by atoms with Crippen molar-refractivity contribution in [1.82, 2.24) is 14.5 Å². The van der Waals surface area contributed by atoms with Crippen molar-refractivity contribution in [2.45, 2.75) is 30.5 Å². The minimum absolute atomic E-state index is 0.0199. The van der Waals surface area contributed by atoms with Gasteiger partial charge in [0.2, 0.25) is 6.23 Å². The van der Waals surface area contributed by atoms with E-state index >= 15 is 0 Å². The molecule has 4 rings (SSSR count). The SMILES string of the molecule is O=c1nc(NP2(=O)OCC(c3ccncc3)O2)ccn1[C@@H]1O[C@H](CO)[C@@H](O)C1(F)F. The molecule has 4 heterocycles. The van der Waals surface area contributed by atoms with Gasteiger partial charge in [0.1, 0.15) is 18.0 Å². The first-order valence-corrected chi connectivity index (χ1v) is 10.3. The quantitative estimate of drug-likeness (QED) is 0.565. The monoisotopic (exact) mass is 446 g/mol. The van der Waals surface area contributed by atoms with Crippen LogP contribution in [0.25, 0.3) is 0 Å². The van der Waals surface area contributed by atoms with Crippen molar-refractivity contribution in [2.75, 3.05) is 18.3 Å². The highest BCUT2D eigenvalue weighted by Gasteiger charge is 2.59. The molecule has 2 unspecified atom stereocenters. The summed E-state index contributed by atoms with van der Waals surface area (Å²) in [4.78, 5) is 19.7. The fraction of sp³-hybridized carbons (Fsp3) is 0.438. The number of aliphatic hydroxyl groups is 2. The fourth-order valence-corrected chi connectivity index (χ4v) is 4.53. The van der Waals surface area contributed by atoms with Gasteiger partial charge in [-0.2, -0.15) is 13.8 Å². The van der Waals surface area contributed by atoms with Crippen molar-refractivity contribution in [2.24, 2.45) is 0 Å². The first kappa shape index (κ1) is 21.0. The van der Waals surface area contributed by atoms with E-state index in [1.807, 2.05) is 0 Å². The van der Waals surface area contributed by atoms with Gasteiger partial charge in [-0.15, -0.1) is 0 Å². The lowest BCUT2D eigenvalue weighted by Crippen LogP contribution is -2.41. The summed E-state index contributed by atoms with van der Waals surface area (Å²) in [5.41, 5.74) is -0.475. The average Bonchev–Trinajstić information content (AvgIpc) is 3.21. The second-order valence-electron chi connectivity index (χ2n) is 6.61. The lowest BCUT2D eigenvalue weighted by atomic mass is 10.1. The number of hydrogen-bond acceptors (Lipinski definition) is 9. The molecule has 5 atom stereocenters. The second-order valence-corrected chi connectivity index (χ2v) is 8.30. The van der Waals surface area contributed by atoms with Crippen LogP contribution in [-0.2, 0) is 18.3 Å². The molecule has 0 aromatic carbocycles. The Labute approximate surface area is 167 Å². The van der Waals surface area contributed by atoms with Gasteiger partial charge >= 0.3 is 19.4 Å². The maximum Gasteiger partial charge on any atom is 0.434 e. The third kappa shape index (κ3) is 3.75. The lowest BCUT2D eigenvalue weighted by molar-refractivity contribution is -0.140. The predicted octanol–water partition coefficient (Wildman–Crippen LogP) is 0.832. The van der Waals surface area contributed by atoms with Gasteiger partial charge < -0.3 is 14.9 Å². The Morgan fingerprint density at radius 3 is 2.70 bits per heavy atom. The summed E-state index contributed by atoms with van der Waals surface area (Å²) in [5, 5.41) is 21.0. The number of anilines is 1. The normalized spacial score (nSPS) is 32.9. The Morgan fingerprint density at radius 2 is 2.07 bits per heavy atom. The number of aliphatic hydroxyl groups excluding tert-OH is 2. The van der Waals surface area contributed by atoms with Gasteiger partial charge in [-0.1, -0.05) is 0 Å². The van der Waals surface area contributed by atoms with E-state index in [9.17, 15) is 23.2 Å². The number of rotatable bonds is 5. The summed E-state index contributed by atoms with van der Waals surface area (Å²) >= 11 is 0. The Kier molecular flexibility index (Phi) is 5.43. The van der Waals surface area contributed by atoms with Crippen molar-refractivity contribution in [1.29, 1.82) is 0 Å². The largest absolute Gasteiger partial charge is 0.434 e. The van der Waals surface area contributed by atoms with Crippen LogP contribution in [0.1, 0.15) is 17.9 Å². The van der Waals surface area contributed by atoms with Crippen LogP contribution in [0.15, 0.2) is 41.6 Å². The van der Waals surface area contributed by atoms with Crippen LogP contribution >= 0.6 is 7.75 Å². The molecule has 2 saturated heterocycles. The van der Waals surface area contributed by atoms with Gasteiger partial charge in [-0.3, -0.25) is 23.7 Å². The van der Waals surface area contributed by atoms with E-state index in [4.69, 9.17) is 18.9 Å². The van der Waals surface area contributed by atoms with Crippen LogP contribution in [-0.4, -0.2) is 56.1 Å². The summed E-state index contributed by atoms with van der Waals surface area (Å²) in [6.45, 7) is -0.875. The first-order chi connectivity index (χ1) is 14.2. The van der Waals surface area contributed by atoms with Gasteiger partial charge in [0, 0.05) is 18.6 Å². The molecule has 0 saturated carbocycles. The number of aromatic nitrogens is 3. The van der Waals surface area contributed by atoms with Gasteiger partial charge in [0.05, 0.1) is 13.2 Å². The molecular formula is C16H17F2N4O7P. The number of nitrogens with zero attached hydrogens (tertiary/aromatic N) is 3. The summed E-state index contributed by atoms with van der Waals surface area (Å²) < 4.78 is 57.2. The van der Waals surface area contributed by atoms with Crippen LogP contribution in [0, 0.1) is 0 Å². The van der Waals surface area contributed by atoms with E-state index in [-0.39, 0.29) is 12.4 Å². The fourth-order valence-electron chi connectivity index (χ4n) is 3.10. The summed E-state index contributed by atoms with van der Waals surface area (Å²) in [6, 6.07) is 4.43. The Hall–Kier alpha value is -2.28. The molecule has 0 amide bonds. The molecule has 0 bridgehead atoms. The smallest absolute Gasteiger partial charge is 0.394 e. The minimum atomic E-state index is -3.86. The standard InChI is InChI=1S/C16H17F2N4O7P/c17-16(18)13(24)10(7-23)28-14(16)22-6-3-12(20-15(22)25)21-30(26)27-8-11(29-30)9-1-4-19-5-2-9/h1-6,10-11,13-14,23-24H,7-8H2,(H,20,21,25,26)/t10-,11?,13-,14-,30?/m1/s1. The number of pyridine rings is 1. The third-order valence-electron chi connectivity index (χ3n) is 4.63. The summed E-state index contributed by atoms with van der Waals surface area (Å²) in [7, 11) is -3.86. The van der Waals surface area contributed by atoms with E-state index in [2.05, 4.69) is 15.1 Å². The highest BCUT2D eigenvalue weighted by Crippen LogP contribution is 2.57. The first-order valence-electron chi connectivity index (χ1n) is 8.76. The molecule has 2 fully saturated rings. The number of nitrogens with one attached hydrogen (secondary N) is 1. The Bertz CT molecular complexity index is 1020. The van der Waals surface area contributed by atoms with Crippen molar-refractivity contribution < 1.29 is 37.3 Å². The number of ether oxygens (including phenoxy) is 1. The second kappa shape index (κ2) is 7.76. The van der Waals surface area contributed by atoms with Crippen LogP contribution < -0.4 is 10.8 Å². The maximum atomic E-state index is 14.2. The van der Waals surface area contributed by atoms with E-state index in [1.165, 1.54) is 12.4 Å². The Balaban J connectivity index is 1.51. The summed E-state index contributed by atoms with van der Waals surface area (Å²) in [6.07, 6.45) is -2.63. The molecule has 0 aliphatic carbocycles. The zero-order valence-electron chi connectivity index (χ0n) is 15.2. The number of hydrogen-bond donors (Lipinski definition) is 3. The van der Waals surface area contributed by atoms with Gasteiger partial charge in [-0.05, 0) is 23.8 Å². The predicted molar refractivity (Wildman–Crippen MR) is 95.7 cm³/mol. The average molecular weight is 446 g/mol. The zero-order valence-corrected chi connectivity index (χ0v) is 16.1. The van der Waals surface area contributed by atoms with Crippen molar-refractivity contribution in [3.8, 4) is 0 Å². The van der Waals surface area contributed by atoms with Crippen LogP contribution in [0.2, 0.25) is 0 Å². The van der Waals surface area contributed by atoms with E-state index in [0.29, 0.717) is 10.1 Å². The van der Waals surface area contributed by atoms with Gasteiger partial charge in [-0.25, -0.2) is 9.36 Å². The van der Waals surface area contributed by atoms with E-state index < -0.39 is 50.5 Å². The van der Waals surface area contributed by atoms with E-state index in [0.717, 1.165) is 12.3 Å². The topological polar surface area (TPSA) is 145 Å². The molecule has 2 aromatic heterocycles. The number of halogens is 2. The molecule has 11 nitrogen and oxygen atoms in total. The molecule has 2 aliphatic rings. The zero-order chi connectivity index (χ0) is 21.5. The molecular weight excluding hydrogens is 429 g/mol. The Morgan fingerprint density at radius 1 is 1.33 bits per heavy atom. The minimum Gasteiger partial charge on any atom is -0.394 e. The highest BCUT2D eigenvalue weighted by molar-refractivity contribution is 7.55. The van der Waals surface area contributed by atoms with Crippen molar-refractivity contribution in [3.05, 3.63) is 52.8 Å². The molecule has 0 radical (unpaired) electrons. The van der Waals surface area contributed by atoms with Gasteiger partial charge in [0.15, 0.2) is 6.10 Å². The molecule has 3 N–H and O–H groups in total. The maximum absolute atomic E-state index is 14.2. The molecule has 0 spiro atoms. The van der Waals surface area contributed by atoms with Crippen molar-refractivity contribution >= 4 is 13.6 Å². The van der Waals surface area contributed by atoms with Gasteiger partial charge in [0.25, 0.3) is 0 Å². The van der Waals surface area contributed by atoms with Crippen molar-refractivity contribution in [3.63, 3.8) is 0 Å². The van der Waals surface area contributed by atoms with E-state index in [1.54, 1.807) is 12.1 Å². The summed E-state index contributed by atoms with van der Waals surface area (Å²) in [5.74, 6) is -4.06. The molecule has 2 aromatic rings. The third-order valence-corrected chi connectivity index (χ3v) is 6.16. The highest BCUT2D eigenvalue weighted by atomic mass is 31.2. The van der Waals surface area contributed by atoms with Crippen LogP contribution in [0.5, 0.6) is 0 Å². The van der Waals surface area contributed by atoms with Crippen LogP contribution in [0.4, 0.5) is 14.6 Å². The van der Waals surface area contributed by atoms with Crippen LogP contribution in [0.3, 0.4) is 0 Å². The molecule has 30 heavy (non-hydrogen) atoms. The number of alkyl halides is 2. The molecule has 2 aliphatic heterocycles.